The van der Waals surface area contributed by atoms with Crippen LogP contribution in [0.2, 0.25) is 0 Å². The molecular weight excluding hydrogens is 288 g/mol. The number of nitrogens with one attached hydrogen (secondary N) is 2. The molecule has 114 valence electrons. The number of thioether (sulfide) groups is 1. The number of aromatic nitrogens is 1. The molecule has 0 saturated carbocycles. The molecule has 0 radical (unpaired) electrons. The zero-order valence-corrected chi connectivity index (χ0v) is 12.7. The van der Waals surface area contributed by atoms with Gasteiger partial charge in [-0.1, -0.05) is 6.07 Å². The fourth-order valence-electron chi connectivity index (χ4n) is 2.70. The minimum Gasteiger partial charge on any atom is -0.339 e. The smallest absolute Gasteiger partial charge is 0.247 e. The third kappa shape index (κ3) is 3.66. The maximum Gasteiger partial charge on any atom is 0.247 e. The van der Waals surface area contributed by atoms with Gasteiger partial charge in [-0.25, -0.2) is 0 Å². The van der Waals surface area contributed by atoms with Gasteiger partial charge in [0.2, 0.25) is 11.5 Å². The number of H-pyrrole nitrogens is 1. The van der Waals surface area contributed by atoms with Crippen LogP contribution in [0.5, 0.6) is 0 Å². The Kier molecular flexibility index (Phi) is 4.62. The van der Waals surface area contributed by atoms with E-state index in [1.807, 2.05) is 11.0 Å². The summed E-state index contributed by atoms with van der Waals surface area (Å²) in [7, 11) is 0. The van der Waals surface area contributed by atoms with Gasteiger partial charge in [0.1, 0.15) is 0 Å². The molecule has 6 nitrogen and oxygen atoms in total. The summed E-state index contributed by atoms with van der Waals surface area (Å²) in [5.74, 6) is 2.00. The average Bonchev–Trinajstić information content (AvgIpc) is 3.04. The first-order chi connectivity index (χ1) is 10.2. The third-order valence-electron chi connectivity index (χ3n) is 3.95. The summed E-state index contributed by atoms with van der Waals surface area (Å²) in [6.45, 7) is 4.14. The molecule has 0 aromatic carbocycles. The molecule has 2 fully saturated rings. The molecule has 2 aliphatic rings. The molecule has 0 spiro atoms. The average molecular weight is 308 g/mol. The summed E-state index contributed by atoms with van der Waals surface area (Å²) in [6.07, 6.45) is 1.76. The van der Waals surface area contributed by atoms with Crippen LogP contribution in [-0.4, -0.2) is 64.5 Å². The van der Waals surface area contributed by atoms with Gasteiger partial charge >= 0.3 is 0 Å². The molecule has 2 aliphatic heterocycles. The zero-order valence-electron chi connectivity index (χ0n) is 11.9. The summed E-state index contributed by atoms with van der Waals surface area (Å²) in [5.41, 5.74) is 1.03. The largest absolute Gasteiger partial charge is 0.339 e. The van der Waals surface area contributed by atoms with Crippen molar-refractivity contribution in [2.45, 2.75) is 12.6 Å². The van der Waals surface area contributed by atoms with Crippen molar-refractivity contribution in [3.05, 3.63) is 34.2 Å². The van der Waals surface area contributed by atoms with Gasteiger partial charge in [-0.05, 0) is 5.56 Å². The lowest BCUT2D eigenvalue weighted by atomic mass is 10.2. The molecular formula is C14H20N4O2S. The minimum atomic E-state index is -0.0731. The minimum absolute atomic E-state index is 0.000693. The molecule has 1 atom stereocenters. The van der Waals surface area contributed by atoms with E-state index in [2.05, 4.69) is 15.2 Å². The summed E-state index contributed by atoms with van der Waals surface area (Å²) in [4.78, 5) is 30.3. The summed E-state index contributed by atoms with van der Waals surface area (Å²) < 4.78 is 0. The molecule has 3 heterocycles. The van der Waals surface area contributed by atoms with Gasteiger partial charge in [0.15, 0.2) is 0 Å². The van der Waals surface area contributed by atoms with E-state index >= 15 is 0 Å². The van der Waals surface area contributed by atoms with E-state index < -0.39 is 0 Å². The highest BCUT2D eigenvalue weighted by molar-refractivity contribution is 7.99. The van der Waals surface area contributed by atoms with Crippen LogP contribution in [0.3, 0.4) is 0 Å². The Hall–Kier alpha value is -1.31. The zero-order chi connectivity index (χ0) is 14.7. The first kappa shape index (κ1) is 14.6. The molecule has 1 unspecified atom stereocenters. The SMILES string of the molecule is O=C(C1CSCN1)N1CCN(Cc2ccc(=O)[nH]c2)CC1. The first-order valence-corrected chi connectivity index (χ1v) is 8.38. The second-order valence-corrected chi connectivity index (χ2v) is 6.46. The summed E-state index contributed by atoms with van der Waals surface area (Å²) in [6, 6.07) is 3.41. The number of carbonyl (C=O) groups is 1. The standard InChI is InChI=1S/C14H20N4O2S/c19-13-2-1-11(7-15-13)8-17-3-5-18(6-4-17)14(20)12-9-21-10-16-12/h1-2,7,12,16H,3-6,8-10H2,(H,15,19). The number of aromatic amines is 1. The van der Waals surface area contributed by atoms with Crippen molar-refractivity contribution in [2.24, 2.45) is 0 Å². The monoisotopic (exact) mass is 308 g/mol. The number of amides is 1. The van der Waals surface area contributed by atoms with Crippen LogP contribution in [0.15, 0.2) is 23.1 Å². The first-order valence-electron chi connectivity index (χ1n) is 7.22. The Balaban J connectivity index is 1.49. The number of nitrogens with zero attached hydrogens (tertiary/aromatic N) is 2. The Morgan fingerprint density at radius 1 is 1.29 bits per heavy atom. The molecule has 1 amide bonds. The Bertz CT molecular complexity index is 528. The molecule has 21 heavy (non-hydrogen) atoms. The van der Waals surface area contributed by atoms with E-state index in [0.29, 0.717) is 0 Å². The van der Waals surface area contributed by atoms with E-state index in [-0.39, 0.29) is 17.5 Å². The molecule has 1 aromatic heterocycles. The predicted molar refractivity (Wildman–Crippen MR) is 83.2 cm³/mol. The van der Waals surface area contributed by atoms with E-state index in [9.17, 15) is 9.59 Å². The lowest BCUT2D eigenvalue weighted by Gasteiger charge is -2.35. The van der Waals surface area contributed by atoms with Crippen LogP contribution in [0.25, 0.3) is 0 Å². The van der Waals surface area contributed by atoms with Crippen LogP contribution >= 0.6 is 11.8 Å². The van der Waals surface area contributed by atoms with Crippen molar-refractivity contribution in [1.82, 2.24) is 20.1 Å². The number of rotatable bonds is 3. The van der Waals surface area contributed by atoms with E-state index in [1.165, 1.54) is 0 Å². The maximum absolute atomic E-state index is 12.3. The number of carbonyl (C=O) groups excluding carboxylic acids is 1. The topological polar surface area (TPSA) is 68.4 Å². The normalized spacial score (nSPS) is 23.4. The van der Waals surface area contributed by atoms with Gasteiger partial charge in [0, 0.05) is 56.6 Å². The van der Waals surface area contributed by atoms with E-state index in [0.717, 1.165) is 49.9 Å². The highest BCUT2D eigenvalue weighted by Crippen LogP contribution is 2.14. The van der Waals surface area contributed by atoms with Gasteiger partial charge in [0.05, 0.1) is 6.04 Å². The highest BCUT2D eigenvalue weighted by Gasteiger charge is 2.29. The van der Waals surface area contributed by atoms with Crippen LogP contribution in [0.1, 0.15) is 5.56 Å². The Labute approximate surface area is 127 Å². The predicted octanol–water partition coefficient (Wildman–Crippen LogP) is -0.318. The van der Waals surface area contributed by atoms with Crippen LogP contribution in [0, 0.1) is 0 Å². The second kappa shape index (κ2) is 6.64. The van der Waals surface area contributed by atoms with Crippen LogP contribution in [-0.2, 0) is 11.3 Å². The number of hydrogen-bond acceptors (Lipinski definition) is 5. The van der Waals surface area contributed by atoms with Crippen molar-refractivity contribution in [2.75, 3.05) is 37.8 Å². The van der Waals surface area contributed by atoms with Gasteiger partial charge in [-0.3, -0.25) is 19.8 Å². The molecule has 1 aromatic rings. The fourth-order valence-corrected chi connectivity index (χ4v) is 3.63. The Morgan fingerprint density at radius 2 is 2.10 bits per heavy atom. The van der Waals surface area contributed by atoms with Crippen molar-refractivity contribution in [1.29, 1.82) is 0 Å². The lowest BCUT2D eigenvalue weighted by Crippen LogP contribution is -2.53. The molecule has 3 rings (SSSR count). The van der Waals surface area contributed by atoms with Gasteiger partial charge in [-0.2, -0.15) is 0 Å². The molecule has 0 aliphatic carbocycles. The fraction of sp³-hybridized carbons (Fsp3) is 0.571. The van der Waals surface area contributed by atoms with E-state index in [1.54, 1.807) is 24.0 Å². The quantitative estimate of drug-likeness (QED) is 0.801. The van der Waals surface area contributed by atoms with Crippen molar-refractivity contribution in [3.8, 4) is 0 Å². The van der Waals surface area contributed by atoms with Gasteiger partial charge in [-0.15, -0.1) is 11.8 Å². The lowest BCUT2D eigenvalue weighted by molar-refractivity contribution is -0.134. The van der Waals surface area contributed by atoms with E-state index in [4.69, 9.17) is 0 Å². The maximum atomic E-state index is 12.3. The second-order valence-electron chi connectivity index (χ2n) is 5.43. The number of piperazine rings is 1. The third-order valence-corrected chi connectivity index (χ3v) is 4.89. The molecule has 7 heteroatoms. The van der Waals surface area contributed by atoms with Crippen LogP contribution < -0.4 is 10.9 Å². The van der Waals surface area contributed by atoms with Crippen LogP contribution in [0.4, 0.5) is 0 Å². The molecule has 0 bridgehead atoms. The van der Waals surface area contributed by atoms with Gasteiger partial charge in [0.25, 0.3) is 0 Å². The summed E-state index contributed by atoms with van der Waals surface area (Å²) >= 11 is 1.78. The van der Waals surface area contributed by atoms with Gasteiger partial charge < -0.3 is 9.88 Å². The number of pyridine rings is 1. The number of hydrogen-bond donors (Lipinski definition) is 2. The van der Waals surface area contributed by atoms with Crippen molar-refractivity contribution >= 4 is 17.7 Å². The summed E-state index contributed by atoms with van der Waals surface area (Å²) in [5, 5.41) is 3.23. The molecule has 2 saturated heterocycles. The van der Waals surface area contributed by atoms with Crippen molar-refractivity contribution in [3.63, 3.8) is 0 Å². The molecule has 2 N–H and O–H groups in total. The highest BCUT2D eigenvalue weighted by atomic mass is 32.2. The van der Waals surface area contributed by atoms with Crippen molar-refractivity contribution < 1.29 is 4.79 Å². The Morgan fingerprint density at radius 3 is 2.71 bits per heavy atom.